The molecule has 0 bridgehead atoms. The monoisotopic (exact) mass is 359 g/mol. The van der Waals surface area contributed by atoms with Crippen LogP contribution in [-0.4, -0.2) is 23.1 Å². The van der Waals surface area contributed by atoms with E-state index in [1.54, 1.807) is 30.3 Å². The van der Waals surface area contributed by atoms with Crippen LogP contribution in [0, 0.1) is 6.92 Å². The van der Waals surface area contributed by atoms with Gasteiger partial charge in [0.05, 0.1) is 6.21 Å². The lowest BCUT2D eigenvalue weighted by Gasteiger charge is -2.09. The van der Waals surface area contributed by atoms with E-state index in [1.807, 2.05) is 6.92 Å². The first-order valence-corrected chi connectivity index (χ1v) is 7.99. The first kappa shape index (κ1) is 18.5. The topological polar surface area (TPSA) is 90.8 Å². The van der Waals surface area contributed by atoms with E-state index in [0.717, 1.165) is 11.1 Å². The van der Waals surface area contributed by atoms with E-state index in [-0.39, 0.29) is 30.4 Å². The average Bonchev–Trinajstić information content (AvgIpc) is 2.59. The Morgan fingerprint density at radius 2 is 1.80 bits per heavy atom. The lowest BCUT2D eigenvalue weighted by atomic mass is 10.2. The van der Waals surface area contributed by atoms with E-state index < -0.39 is 0 Å². The Morgan fingerprint density at radius 3 is 2.52 bits per heavy atom. The van der Waals surface area contributed by atoms with E-state index in [1.165, 1.54) is 18.3 Å². The van der Waals surface area contributed by atoms with Crippen LogP contribution >= 0.6 is 11.6 Å². The molecule has 0 heterocycles. The van der Waals surface area contributed by atoms with Gasteiger partial charge in [0, 0.05) is 23.6 Å². The van der Waals surface area contributed by atoms with Crippen LogP contribution in [0.2, 0.25) is 5.02 Å². The van der Waals surface area contributed by atoms with Crippen molar-refractivity contribution in [2.45, 2.75) is 19.8 Å². The molecule has 0 saturated carbocycles. The molecule has 0 fully saturated rings. The maximum Gasteiger partial charge on any atom is 0.240 e. The first-order valence-electron chi connectivity index (χ1n) is 7.61. The zero-order valence-corrected chi connectivity index (χ0v) is 14.4. The summed E-state index contributed by atoms with van der Waals surface area (Å²) < 4.78 is 0. The zero-order valence-electron chi connectivity index (χ0n) is 13.6. The van der Waals surface area contributed by atoms with Crippen molar-refractivity contribution in [2.75, 3.05) is 5.32 Å². The molecule has 0 unspecified atom stereocenters. The fourth-order valence-electron chi connectivity index (χ4n) is 1.98. The van der Waals surface area contributed by atoms with Crippen LogP contribution in [0.15, 0.2) is 47.6 Å². The third-order valence-electron chi connectivity index (χ3n) is 3.42. The van der Waals surface area contributed by atoms with Gasteiger partial charge in [0.25, 0.3) is 0 Å². The maximum atomic E-state index is 11.9. The van der Waals surface area contributed by atoms with Crippen LogP contribution in [0.3, 0.4) is 0 Å². The Labute approximate surface area is 150 Å². The molecule has 0 aliphatic heterocycles. The van der Waals surface area contributed by atoms with Crippen molar-refractivity contribution in [1.82, 2.24) is 5.43 Å². The summed E-state index contributed by atoms with van der Waals surface area (Å²) in [5, 5.41) is 16.3. The number of halogens is 1. The Bertz CT molecular complexity index is 789. The van der Waals surface area contributed by atoms with E-state index in [9.17, 15) is 14.7 Å². The molecule has 0 aliphatic carbocycles. The molecule has 6 nitrogen and oxygen atoms in total. The van der Waals surface area contributed by atoms with Gasteiger partial charge in [-0.1, -0.05) is 17.7 Å². The van der Waals surface area contributed by atoms with Gasteiger partial charge in [0.2, 0.25) is 11.8 Å². The van der Waals surface area contributed by atoms with Gasteiger partial charge in [-0.05, 0) is 54.4 Å². The quantitative estimate of drug-likeness (QED) is 0.546. The number of hydrogen-bond donors (Lipinski definition) is 3. The molecule has 2 amide bonds. The van der Waals surface area contributed by atoms with Gasteiger partial charge in [-0.25, -0.2) is 5.43 Å². The highest BCUT2D eigenvalue weighted by molar-refractivity contribution is 6.31. The molecule has 0 atom stereocenters. The normalized spacial score (nSPS) is 10.6. The van der Waals surface area contributed by atoms with Crippen molar-refractivity contribution in [1.29, 1.82) is 0 Å². The van der Waals surface area contributed by atoms with Gasteiger partial charge < -0.3 is 10.4 Å². The number of rotatable bonds is 6. The summed E-state index contributed by atoms with van der Waals surface area (Å²) in [6.45, 7) is 1.81. The Balaban J connectivity index is 1.76. The Kier molecular flexibility index (Phi) is 6.54. The number of carbonyl (C=O) groups is 2. The van der Waals surface area contributed by atoms with Gasteiger partial charge in [-0.3, -0.25) is 9.59 Å². The number of anilines is 1. The SMILES string of the molecule is Cc1c(Cl)cccc1NC(=O)CCC(=O)NN=Cc1ccc(O)cc1. The Hall–Kier alpha value is -2.86. The summed E-state index contributed by atoms with van der Waals surface area (Å²) in [5.74, 6) is -0.488. The second-order valence-electron chi connectivity index (χ2n) is 5.35. The summed E-state index contributed by atoms with van der Waals surface area (Å²) in [6, 6.07) is 11.6. The predicted octanol–water partition coefficient (Wildman–Crippen LogP) is 3.22. The minimum absolute atomic E-state index is 0.0123. The van der Waals surface area contributed by atoms with Crippen LogP contribution in [0.1, 0.15) is 24.0 Å². The second-order valence-corrected chi connectivity index (χ2v) is 5.75. The molecule has 2 aromatic rings. The number of carbonyl (C=O) groups excluding carboxylic acids is 2. The second kappa shape index (κ2) is 8.84. The summed E-state index contributed by atoms with van der Waals surface area (Å²) in [6.07, 6.45) is 1.50. The summed E-state index contributed by atoms with van der Waals surface area (Å²) in [7, 11) is 0. The third kappa shape index (κ3) is 5.93. The lowest BCUT2D eigenvalue weighted by molar-refractivity contribution is -0.124. The summed E-state index contributed by atoms with van der Waals surface area (Å²) in [4.78, 5) is 23.6. The largest absolute Gasteiger partial charge is 0.508 e. The molecule has 2 rings (SSSR count). The maximum absolute atomic E-state index is 11.9. The van der Waals surface area contributed by atoms with Crippen LogP contribution in [0.25, 0.3) is 0 Å². The number of nitrogens with zero attached hydrogens (tertiary/aromatic N) is 1. The number of amides is 2. The van der Waals surface area contributed by atoms with E-state index in [4.69, 9.17) is 11.6 Å². The van der Waals surface area contributed by atoms with Crippen LogP contribution in [0.4, 0.5) is 5.69 Å². The first-order chi connectivity index (χ1) is 12.0. The summed E-state index contributed by atoms with van der Waals surface area (Å²) >= 11 is 6.00. The van der Waals surface area contributed by atoms with Gasteiger partial charge in [0.1, 0.15) is 5.75 Å². The van der Waals surface area contributed by atoms with Crippen molar-refractivity contribution in [2.24, 2.45) is 5.10 Å². The number of hydrogen-bond acceptors (Lipinski definition) is 4. The molecule has 3 N–H and O–H groups in total. The van der Waals surface area contributed by atoms with Gasteiger partial charge in [0.15, 0.2) is 0 Å². The number of benzene rings is 2. The van der Waals surface area contributed by atoms with Crippen molar-refractivity contribution in [3.05, 3.63) is 58.6 Å². The molecule has 2 aromatic carbocycles. The molecule has 25 heavy (non-hydrogen) atoms. The Morgan fingerprint density at radius 1 is 1.12 bits per heavy atom. The van der Waals surface area contributed by atoms with Crippen LogP contribution < -0.4 is 10.7 Å². The van der Waals surface area contributed by atoms with Crippen LogP contribution in [0.5, 0.6) is 5.75 Å². The number of phenolic OH excluding ortho intramolecular Hbond substituents is 1. The van der Waals surface area contributed by atoms with Crippen molar-refractivity contribution >= 4 is 35.3 Å². The predicted molar refractivity (Wildman–Crippen MR) is 97.9 cm³/mol. The molecule has 7 heteroatoms. The lowest BCUT2D eigenvalue weighted by Crippen LogP contribution is -2.20. The van der Waals surface area contributed by atoms with Gasteiger partial charge in [-0.15, -0.1) is 0 Å². The fraction of sp³-hybridized carbons (Fsp3) is 0.167. The van der Waals surface area contributed by atoms with Crippen LogP contribution in [-0.2, 0) is 9.59 Å². The molecular weight excluding hydrogens is 342 g/mol. The molecular formula is C18H18ClN3O3. The molecule has 0 aromatic heterocycles. The highest BCUT2D eigenvalue weighted by Crippen LogP contribution is 2.23. The number of hydrazone groups is 1. The fourth-order valence-corrected chi connectivity index (χ4v) is 2.15. The smallest absolute Gasteiger partial charge is 0.240 e. The molecule has 130 valence electrons. The van der Waals surface area contributed by atoms with Crippen molar-refractivity contribution in [3.63, 3.8) is 0 Å². The van der Waals surface area contributed by atoms with E-state index in [0.29, 0.717) is 10.7 Å². The van der Waals surface area contributed by atoms with E-state index >= 15 is 0 Å². The molecule has 0 spiro atoms. The summed E-state index contributed by atoms with van der Waals surface area (Å²) in [5.41, 5.74) is 4.49. The van der Waals surface area contributed by atoms with E-state index in [2.05, 4.69) is 15.8 Å². The molecule has 0 saturated heterocycles. The standard InChI is InChI=1S/C18H18ClN3O3/c1-12-15(19)3-2-4-16(12)21-17(24)9-10-18(25)22-20-11-13-5-7-14(23)8-6-13/h2-8,11,23H,9-10H2,1H3,(H,21,24)(H,22,25). The van der Waals surface area contributed by atoms with Gasteiger partial charge >= 0.3 is 0 Å². The zero-order chi connectivity index (χ0) is 18.2. The highest BCUT2D eigenvalue weighted by atomic mass is 35.5. The minimum Gasteiger partial charge on any atom is -0.508 e. The minimum atomic E-state index is -0.368. The van der Waals surface area contributed by atoms with Crippen molar-refractivity contribution < 1.29 is 14.7 Å². The number of phenols is 1. The van der Waals surface area contributed by atoms with Gasteiger partial charge in [-0.2, -0.15) is 5.10 Å². The highest BCUT2D eigenvalue weighted by Gasteiger charge is 2.09. The number of nitrogens with one attached hydrogen (secondary N) is 2. The molecule has 0 radical (unpaired) electrons. The molecule has 0 aliphatic rings. The number of aromatic hydroxyl groups is 1. The van der Waals surface area contributed by atoms with Crippen molar-refractivity contribution in [3.8, 4) is 5.75 Å². The third-order valence-corrected chi connectivity index (χ3v) is 3.83. The average molecular weight is 360 g/mol.